The maximum atomic E-state index is 13.2. The van der Waals surface area contributed by atoms with E-state index in [1.807, 2.05) is 60.4 Å². The van der Waals surface area contributed by atoms with Crippen LogP contribution < -0.4 is 4.90 Å². The molecule has 6 heteroatoms. The fourth-order valence-corrected chi connectivity index (χ4v) is 4.75. The smallest absolute Gasteiger partial charge is 0.278 e. The normalized spacial score (nSPS) is 18.2. The third-order valence-electron chi connectivity index (χ3n) is 6.34. The second-order valence-corrected chi connectivity index (χ2v) is 8.42. The number of aromatic nitrogens is 2. The van der Waals surface area contributed by atoms with Gasteiger partial charge in [0.15, 0.2) is 5.69 Å². The highest BCUT2D eigenvalue weighted by Gasteiger charge is 2.32. The number of nitrogens with zero attached hydrogens (tertiary/aromatic N) is 3. The average molecular weight is 415 g/mol. The van der Waals surface area contributed by atoms with Crippen molar-refractivity contribution in [1.82, 2.24) is 15.1 Å². The summed E-state index contributed by atoms with van der Waals surface area (Å²) in [6.45, 7) is 3.37. The van der Waals surface area contributed by atoms with Crippen molar-refractivity contribution in [3.63, 3.8) is 0 Å². The molecule has 0 saturated carbocycles. The van der Waals surface area contributed by atoms with Crippen molar-refractivity contribution in [3.8, 4) is 0 Å². The van der Waals surface area contributed by atoms with E-state index >= 15 is 0 Å². The predicted octanol–water partition coefficient (Wildman–Crippen LogP) is 4.29. The van der Waals surface area contributed by atoms with E-state index in [0.29, 0.717) is 24.3 Å². The zero-order valence-electron chi connectivity index (χ0n) is 17.7. The molecule has 0 aliphatic carbocycles. The molecule has 1 fully saturated rings. The van der Waals surface area contributed by atoms with Crippen LogP contribution in [0, 0.1) is 6.92 Å². The van der Waals surface area contributed by atoms with Crippen LogP contribution in [0.1, 0.15) is 63.0 Å². The molecule has 1 aromatic heterocycles. The third-order valence-corrected chi connectivity index (χ3v) is 6.34. The number of hydrogen-bond acceptors (Lipinski definition) is 3. The Hall–Kier alpha value is -3.41. The number of benzene rings is 2. The minimum absolute atomic E-state index is 0.0318. The third kappa shape index (κ3) is 3.63. The molecule has 0 radical (unpaired) electrons. The van der Waals surface area contributed by atoms with Gasteiger partial charge in [-0.3, -0.25) is 14.7 Å². The number of aromatic amines is 1. The van der Waals surface area contributed by atoms with Crippen LogP contribution >= 0.6 is 0 Å². The second kappa shape index (κ2) is 8.02. The zero-order valence-corrected chi connectivity index (χ0v) is 17.7. The van der Waals surface area contributed by atoms with Gasteiger partial charge in [-0.25, -0.2) is 0 Å². The lowest BCUT2D eigenvalue weighted by atomic mass is 9.97. The fraction of sp³-hybridized carbons (Fsp3) is 0.320. The quantitative estimate of drug-likeness (QED) is 0.695. The van der Waals surface area contributed by atoms with E-state index in [0.717, 1.165) is 42.6 Å². The van der Waals surface area contributed by atoms with Gasteiger partial charge in [-0.15, -0.1) is 0 Å². The Kier molecular flexibility index (Phi) is 5.06. The summed E-state index contributed by atoms with van der Waals surface area (Å²) < 4.78 is 0. The van der Waals surface area contributed by atoms with Gasteiger partial charge in [0.2, 0.25) is 0 Å². The topological polar surface area (TPSA) is 69.3 Å². The number of carbonyl (C=O) groups is 2. The van der Waals surface area contributed by atoms with Crippen LogP contribution in [-0.4, -0.2) is 40.0 Å². The number of likely N-dealkylation sites (tertiary alicyclic amines) is 1. The number of anilines is 1. The number of hydrogen-bond donors (Lipinski definition) is 1. The van der Waals surface area contributed by atoms with Gasteiger partial charge in [-0.05, 0) is 62.4 Å². The number of carbonyl (C=O) groups excluding carboxylic acids is 2. The summed E-state index contributed by atoms with van der Waals surface area (Å²) >= 11 is 0. The summed E-state index contributed by atoms with van der Waals surface area (Å²) in [6.07, 6.45) is 3.75. The Labute approximate surface area is 181 Å². The van der Waals surface area contributed by atoms with Crippen molar-refractivity contribution in [3.05, 3.63) is 82.7 Å². The minimum atomic E-state index is -0.0974. The number of para-hydroxylation sites is 1. The first-order valence-electron chi connectivity index (χ1n) is 10.9. The molecule has 2 aliphatic rings. The van der Waals surface area contributed by atoms with Gasteiger partial charge >= 0.3 is 0 Å². The highest BCUT2D eigenvalue weighted by molar-refractivity contribution is 6.06. The molecular formula is C25H26N4O2. The lowest BCUT2D eigenvalue weighted by Crippen LogP contribution is -2.38. The van der Waals surface area contributed by atoms with Crippen LogP contribution in [0.15, 0.2) is 54.6 Å². The molecular weight excluding hydrogens is 388 g/mol. The first-order chi connectivity index (χ1) is 15.1. The largest absolute Gasteiger partial charge is 0.330 e. The van der Waals surface area contributed by atoms with Crippen molar-refractivity contribution < 1.29 is 9.59 Å². The summed E-state index contributed by atoms with van der Waals surface area (Å²) in [7, 11) is 0. The maximum absolute atomic E-state index is 13.2. The number of rotatable bonds is 3. The summed E-state index contributed by atoms with van der Waals surface area (Å²) in [5.41, 5.74) is 5.16. The average Bonchev–Trinajstić information content (AvgIpc) is 3.46. The van der Waals surface area contributed by atoms with Crippen molar-refractivity contribution in [1.29, 1.82) is 0 Å². The molecule has 1 N–H and O–H groups in total. The molecule has 5 rings (SSSR count). The van der Waals surface area contributed by atoms with Crippen LogP contribution in [0.2, 0.25) is 0 Å². The van der Waals surface area contributed by atoms with Gasteiger partial charge in [-0.2, -0.15) is 5.10 Å². The van der Waals surface area contributed by atoms with E-state index in [9.17, 15) is 9.59 Å². The maximum Gasteiger partial charge on any atom is 0.278 e. The Morgan fingerprint density at radius 3 is 2.74 bits per heavy atom. The Balaban J connectivity index is 1.39. The standard InChI is InChI=1S/C25H26N4O2/c1-17-7-6-9-19(15-17)24(30)28-13-5-4-11-23(28)20-16-21(27-26-20)25(31)29-14-12-18-8-2-3-10-22(18)29/h2-3,6-10,15-16,23H,4-5,11-14H2,1H3,(H,26,27). The van der Waals surface area contributed by atoms with Gasteiger partial charge in [-0.1, -0.05) is 35.9 Å². The Bertz CT molecular complexity index is 1140. The van der Waals surface area contributed by atoms with Crippen LogP contribution in [0.4, 0.5) is 5.69 Å². The molecule has 2 amide bonds. The second-order valence-electron chi connectivity index (χ2n) is 8.42. The zero-order chi connectivity index (χ0) is 21.4. The summed E-state index contributed by atoms with van der Waals surface area (Å²) in [5.74, 6) is -0.0656. The number of piperidine rings is 1. The molecule has 0 spiro atoms. The van der Waals surface area contributed by atoms with Gasteiger partial charge in [0.05, 0.1) is 11.7 Å². The molecule has 3 heterocycles. The highest BCUT2D eigenvalue weighted by Crippen LogP contribution is 2.33. The molecule has 158 valence electrons. The fourth-order valence-electron chi connectivity index (χ4n) is 4.75. The lowest BCUT2D eigenvalue weighted by molar-refractivity contribution is 0.0606. The molecule has 6 nitrogen and oxygen atoms in total. The molecule has 2 aromatic carbocycles. The van der Waals surface area contributed by atoms with Crippen molar-refractivity contribution >= 4 is 17.5 Å². The molecule has 0 bridgehead atoms. The molecule has 3 aromatic rings. The molecule has 2 aliphatic heterocycles. The monoisotopic (exact) mass is 414 g/mol. The molecule has 1 unspecified atom stereocenters. The van der Waals surface area contributed by atoms with Crippen LogP contribution in [0.3, 0.4) is 0 Å². The predicted molar refractivity (Wildman–Crippen MR) is 119 cm³/mol. The van der Waals surface area contributed by atoms with E-state index < -0.39 is 0 Å². The number of fused-ring (bicyclic) bond motifs is 1. The summed E-state index contributed by atoms with van der Waals surface area (Å²) in [6, 6.07) is 17.5. The summed E-state index contributed by atoms with van der Waals surface area (Å²) in [4.78, 5) is 30.1. The highest BCUT2D eigenvalue weighted by atomic mass is 16.2. The number of H-pyrrole nitrogens is 1. The Morgan fingerprint density at radius 1 is 1.00 bits per heavy atom. The van der Waals surface area contributed by atoms with E-state index in [1.165, 1.54) is 5.56 Å². The van der Waals surface area contributed by atoms with Crippen molar-refractivity contribution in [2.45, 2.75) is 38.6 Å². The van der Waals surface area contributed by atoms with E-state index in [2.05, 4.69) is 16.3 Å². The molecule has 1 atom stereocenters. The van der Waals surface area contributed by atoms with Crippen LogP contribution in [-0.2, 0) is 6.42 Å². The minimum Gasteiger partial charge on any atom is -0.330 e. The number of aryl methyl sites for hydroxylation is 1. The first-order valence-corrected chi connectivity index (χ1v) is 10.9. The lowest BCUT2D eigenvalue weighted by Gasteiger charge is -2.35. The SMILES string of the molecule is Cc1cccc(C(=O)N2CCCCC2c2cc(C(=O)N3CCc4ccccc43)n[nH]2)c1. The number of amides is 2. The first kappa shape index (κ1) is 19.5. The summed E-state index contributed by atoms with van der Waals surface area (Å²) in [5, 5.41) is 7.40. The van der Waals surface area contributed by atoms with E-state index in [1.54, 1.807) is 4.90 Å². The van der Waals surface area contributed by atoms with Gasteiger partial charge < -0.3 is 9.80 Å². The van der Waals surface area contributed by atoms with Gasteiger partial charge in [0.25, 0.3) is 11.8 Å². The molecule has 1 saturated heterocycles. The van der Waals surface area contributed by atoms with Crippen molar-refractivity contribution in [2.75, 3.05) is 18.0 Å². The van der Waals surface area contributed by atoms with Crippen LogP contribution in [0.25, 0.3) is 0 Å². The van der Waals surface area contributed by atoms with Crippen molar-refractivity contribution in [2.24, 2.45) is 0 Å². The number of nitrogens with one attached hydrogen (secondary N) is 1. The van der Waals surface area contributed by atoms with Gasteiger partial charge in [0.1, 0.15) is 0 Å². The Morgan fingerprint density at radius 2 is 1.87 bits per heavy atom. The van der Waals surface area contributed by atoms with E-state index in [4.69, 9.17) is 0 Å². The van der Waals surface area contributed by atoms with Crippen LogP contribution in [0.5, 0.6) is 0 Å². The van der Waals surface area contributed by atoms with E-state index in [-0.39, 0.29) is 17.9 Å². The molecule has 31 heavy (non-hydrogen) atoms. The van der Waals surface area contributed by atoms with Gasteiger partial charge in [0, 0.05) is 24.3 Å².